The molecule has 1 unspecified atom stereocenters. The summed E-state index contributed by atoms with van der Waals surface area (Å²) >= 11 is 0. The second kappa shape index (κ2) is 6.97. The first-order valence-electron chi connectivity index (χ1n) is 5.61. The van der Waals surface area contributed by atoms with Crippen LogP contribution >= 0.6 is 0 Å². The van der Waals surface area contributed by atoms with Crippen molar-refractivity contribution in [2.45, 2.75) is 32.2 Å². The fourth-order valence-electron chi connectivity index (χ4n) is 1.58. The van der Waals surface area contributed by atoms with Crippen molar-refractivity contribution >= 4 is 0 Å². The molecule has 1 N–H and O–H groups in total. The number of hydrogen-bond donors (Lipinski definition) is 1. The molecule has 3 heteroatoms. The van der Waals surface area contributed by atoms with E-state index in [1.807, 2.05) is 6.07 Å². The van der Waals surface area contributed by atoms with E-state index in [1.165, 1.54) is 6.07 Å². The van der Waals surface area contributed by atoms with Crippen molar-refractivity contribution in [1.29, 1.82) is 5.26 Å². The number of nitrogens with one attached hydrogen (secondary N) is 1. The van der Waals surface area contributed by atoms with Crippen LogP contribution in [0.3, 0.4) is 0 Å². The van der Waals surface area contributed by atoms with Gasteiger partial charge in [0.25, 0.3) is 0 Å². The quantitative estimate of drug-likeness (QED) is 0.800. The molecular formula is C13H17FN2. The van der Waals surface area contributed by atoms with Crippen LogP contribution in [0.1, 0.15) is 25.3 Å². The number of rotatable bonds is 6. The first-order chi connectivity index (χ1) is 7.76. The van der Waals surface area contributed by atoms with Crippen LogP contribution in [0.2, 0.25) is 0 Å². The summed E-state index contributed by atoms with van der Waals surface area (Å²) < 4.78 is 12.9. The molecule has 0 radical (unpaired) electrons. The summed E-state index contributed by atoms with van der Waals surface area (Å²) in [7, 11) is 0. The topological polar surface area (TPSA) is 35.8 Å². The van der Waals surface area contributed by atoms with Gasteiger partial charge in [0.15, 0.2) is 0 Å². The van der Waals surface area contributed by atoms with Crippen LogP contribution in [-0.4, -0.2) is 12.6 Å². The van der Waals surface area contributed by atoms with Gasteiger partial charge in [0.05, 0.1) is 12.5 Å². The molecule has 0 heterocycles. The molecule has 1 atom stereocenters. The predicted molar refractivity (Wildman–Crippen MR) is 62.4 cm³/mol. The van der Waals surface area contributed by atoms with Gasteiger partial charge in [0.2, 0.25) is 0 Å². The van der Waals surface area contributed by atoms with E-state index in [0.29, 0.717) is 6.42 Å². The molecule has 0 aliphatic heterocycles. The van der Waals surface area contributed by atoms with E-state index >= 15 is 0 Å². The zero-order valence-corrected chi connectivity index (χ0v) is 9.54. The molecule has 16 heavy (non-hydrogen) atoms. The maximum Gasteiger partial charge on any atom is 0.123 e. The van der Waals surface area contributed by atoms with Crippen molar-refractivity contribution in [3.63, 3.8) is 0 Å². The Hall–Kier alpha value is -1.40. The van der Waals surface area contributed by atoms with Crippen LogP contribution in [0.5, 0.6) is 0 Å². The molecule has 86 valence electrons. The van der Waals surface area contributed by atoms with Gasteiger partial charge in [0, 0.05) is 6.04 Å². The second-order valence-corrected chi connectivity index (χ2v) is 3.80. The van der Waals surface area contributed by atoms with Crippen molar-refractivity contribution in [3.05, 3.63) is 35.6 Å². The van der Waals surface area contributed by atoms with Crippen molar-refractivity contribution in [2.24, 2.45) is 0 Å². The largest absolute Gasteiger partial charge is 0.313 e. The van der Waals surface area contributed by atoms with Gasteiger partial charge in [-0.1, -0.05) is 19.1 Å². The normalized spacial score (nSPS) is 12.1. The Bertz CT molecular complexity index is 357. The molecule has 1 aromatic carbocycles. The number of benzene rings is 1. The van der Waals surface area contributed by atoms with E-state index in [4.69, 9.17) is 5.26 Å². The summed E-state index contributed by atoms with van der Waals surface area (Å²) in [5, 5.41) is 11.9. The molecule has 1 rings (SSSR count). The molecular weight excluding hydrogens is 203 g/mol. The zero-order chi connectivity index (χ0) is 11.8. The molecule has 0 aliphatic carbocycles. The highest BCUT2D eigenvalue weighted by Gasteiger charge is 2.03. The van der Waals surface area contributed by atoms with Crippen LogP contribution in [0.4, 0.5) is 4.39 Å². The molecule has 1 aromatic rings. The minimum Gasteiger partial charge on any atom is -0.313 e. The van der Waals surface area contributed by atoms with Crippen LogP contribution < -0.4 is 5.32 Å². The Balaban J connectivity index is 2.32. The zero-order valence-electron chi connectivity index (χ0n) is 9.54. The third-order valence-electron chi connectivity index (χ3n) is 2.57. The van der Waals surface area contributed by atoms with E-state index in [9.17, 15) is 4.39 Å². The molecule has 0 saturated heterocycles. The van der Waals surface area contributed by atoms with Gasteiger partial charge in [-0.2, -0.15) is 5.26 Å². The van der Waals surface area contributed by atoms with Crippen molar-refractivity contribution in [2.75, 3.05) is 6.54 Å². The maximum atomic E-state index is 12.9. The molecule has 0 saturated carbocycles. The molecule has 0 aromatic heterocycles. The Morgan fingerprint density at radius 2 is 2.31 bits per heavy atom. The Labute approximate surface area is 96.1 Å². The summed E-state index contributed by atoms with van der Waals surface area (Å²) in [6.07, 6.45) is 2.26. The van der Waals surface area contributed by atoms with Crippen LogP contribution in [0, 0.1) is 17.1 Å². The summed E-state index contributed by atoms with van der Waals surface area (Å²) in [6, 6.07) is 9.03. The van der Waals surface area contributed by atoms with Crippen molar-refractivity contribution < 1.29 is 4.39 Å². The van der Waals surface area contributed by atoms with Crippen molar-refractivity contribution in [3.8, 4) is 6.07 Å². The van der Waals surface area contributed by atoms with Crippen LogP contribution in [0.15, 0.2) is 24.3 Å². The third kappa shape index (κ3) is 4.41. The van der Waals surface area contributed by atoms with Crippen LogP contribution in [-0.2, 0) is 6.42 Å². The Kier molecular flexibility index (Phi) is 5.52. The van der Waals surface area contributed by atoms with Gasteiger partial charge in [-0.25, -0.2) is 4.39 Å². The molecule has 0 spiro atoms. The predicted octanol–water partition coefficient (Wildman–Crippen LogP) is 2.65. The number of halogens is 1. The summed E-state index contributed by atoms with van der Waals surface area (Å²) in [6.45, 7) is 2.83. The van der Waals surface area contributed by atoms with Gasteiger partial charge in [-0.15, -0.1) is 0 Å². The summed E-state index contributed by atoms with van der Waals surface area (Å²) in [5.41, 5.74) is 0.985. The maximum absolute atomic E-state index is 12.9. The molecule has 0 fully saturated rings. The van der Waals surface area contributed by atoms with E-state index in [2.05, 4.69) is 18.3 Å². The Morgan fingerprint density at radius 1 is 1.50 bits per heavy atom. The molecule has 0 amide bonds. The number of nitriles is 1. The van der Waals surface area contributed by atoms with Gasteiger partial charge < -0.3 is 5.32 Å². The second-order valence-electron chi connectivity index (χ2n) is 3.80. The summed E-state index contributed by atoms with van der Waals surface area (Å²) in [5.74, 6) is -0.193. The minimum atomic E-state index is -0.193. The first-order valence-corrected chi connectivity index (χ1v) is 5.61. The average molecular weight is 220 g/mol. The highest BCUT2D eigenvalue weighted by atomic mass is 19.1. The van der Waals surface area contributed by atoms with Gasteiger partial charge in [-0.3, -0.25) is 0 Å². The van der Waals surface area contributed by atoms with Gasteiger partial charge in [0.1, 0.15) is 5.82 Å². The SMILES string of the molecule is CCC(CC#N)NCCc1cccc(F)c1. The van der Waals surface area contributed by atoms with E-state index in [0.717, 1.165) is 24.9 Å². The third-order valence-corrected chi connectivity index (χ3v) is 2.57. The van der Waals surface area contributed by atoms with Crippen LogP contribution in [0.25, 0.3) is 0 Å². The fraction of sp³-hybridized carbons (Fsp3) is 0.462. The van der Waals surface area contributed by atoms with Gasteiger partial charge >= 0.3 is 0 Å². The molecule has 0 bridgehead atoms. The number of nitrogens with zero attached hydrogens (tertiary/aromatic N) is 1. The lowest BCUT2D eigenvalue weighted by Gasteiger charge is -2.13. The van der Waals surface area contributed by atoms with E-state index in [-0.39, 0.29) is 11.9 Å². The van der Waals surface area contributed by atoms with Gasteiger partial charge in [-0.05, 0) is 37.1 Å². The molecule has 0 aliphatic rings. The Morgan fingerprint density at radius 3 is 2.94 bits per heavy atom. The van der Waals surface area contributed by atoms with Crippen molar-refractivity contribution in [1.82, 2.24) is 5.32 Å². The summed E-state index contributed by atoms with van der Waals surface area (Å²) in [4.78, 5) is 0. The van der Waals surface area contributed by atoms with E-state index in [1.54, 1.807) is 12.1 Å². The standard InChI is InChI=1S/C13H17FN2/c1-2-13(6-8-15)16-9-7-11-4-3-5-12(14)10-11/h3-5,10,13,16H,2,6-7,9H2,1H3. The lowest BCUT2D eigenvalue weighted by Crippen LogP contribution is -2.29. The smallest absolute Gasteiger partial charge is 0.123 e. The lowest BCUT2D eigenvalue weighted by atomic mass is 10.1. The highest BCUT2D eigenvalue weighted by Crippen LogP contribution is 2.04. The lowest BCUT2D eigenvalue weighted by molar-refractivity contribution is 0.508. The highest BCUT2D eigenvalue weighted by molar-refractivity contribution is 5.16. The molecule has 2 nitrogen and oxygen atoms in total. The number of hydrogen-bond acceptors (Lipinski definition) is 2. The minimum absolute atomic E-state index is 0.193. The monoisotopic (exact) mass is 220 g/mol. The average Bonchev–Trinajstić information content (AvgIpc) is 2.28. The first kappa shape index (κ1) is 12.7. The fourth-order valence-corrected chi connectivity index (χ4v) is 1.58. The van der Waals surface area contributed by atoms with E-state index < -0.39 is 0 Å².